The Morgan fingerprint density at radius 1 is 0.500 bits per heavy atom. The number of hydrogen-bond acceptors (Lipinski definition) is 0. The fraction of sp³-hybridized carbons (Fsp3) is 0.833. The molecule has 0 aromatic heterocycles. The highest BCUT2D eigenvalue weighted by Gasteiger charge is 2.02. The first-order valence-corrected chi connectivity index (χ1v) is 11.0. The monoisotopic (exact) mass is 334 g/mol. The summed E-state index contributed by atoms with van der Waals surface area (Å²) < 4.78 is 0. The van der Waals surface area contributed by atoms with Crippen LogP contribution >= 0.6 is 0 Å². The summed E-state index contributed by atoms with van der Waals surface area (Å²) in [5.74, 6) is 0.949. The zero-order valence-corrected chi connectivity index (χ0v) is 16.9. The molecule has 0 N–H and O–H groups in total. The van der Waals surface area contributed by atoms with Gasteiger partial charge < -0.3 is 0 Å². The van der Waals surface area contributed by atoms with E-state index in [0.717, 1.165) is 5.92 Å². The summed E-state index contributed by atoms with van der Waals surface area (Å²) in [5.41, 5.74) is 0. The standard InChI is InChI=1S/C24H46/c1-4-6-8-10-12-14-16-18-20-22-24(3)23-21-19-17-15-13-11-9-7-5-2/h4-5,24H,1-2,6-23H2,3H3. The molecule has 142 valence electrons. The Labute approximate surface area is 154 Å². The van der Waals surface area contributed by atoms with E-state index in [2.05, 4.69) is 20.1 Å². The van der Waals surface area contributed by atoms with Crippen molar-refractivity contribution in [2.75, 3.05) is 0 Å². The average Bonchev–Trinajstić information content (AvgIpc) is 2.59. The number of rotatable bonds is 20. The summed E-state index contributed by atoms with van der Waals surface area (Å²) >= 11 is 0. The van der Waals surface area contributed by atoms with Gasteiger partial charge >= 0.3 is 0 Å². The fourth-order valence-electron chi connectivity index (χ4n) is 3.48. The number of unbranched alkanes of at least 4 members (excludes halogenated alkanes) is 14. The lowest BCUT2D eigenvalue weighted by Crippen LogP contribution is -1.95. The van der Waals surface area contributed by atoms with Crippen molar-refractivity contribution in [2.24, 2.45) is 5.92 Å². The second-order valence-corrected chi connectivity index (χ2v) is 7.79. The lowest BCUT2D eigenvalue weighted by molar-refractivity contribution is 0.430. The average molecular weight is 335 g/mol. The lowest BCUT2D eigenvalue weighted by atomic mass is 9.95. The molecule has 0 unspecified atom stereocenters. The van der Waals surface area contributed by atoms with Crippen LogP contribution in [0.3, 0.4) is 0 Å². The Morgan fingerprint density at radius 2 is 0.792 bits per heavy atom. The van der Waals surface area contributed by atoms with Crippen molar-refractivity contribution in [2.45, 2.75) is 122 Å². The van der Waals surface area contributed by atoms with Crippen molar-refractivity contribution in [1.82, 2.24) is 0 Å². The van der Waals surface area contributed by atoms with Gasteiger partial charge in [-0.1, -0.05) is 109 Å². The molecule has 0 bridgehead atoms. The molecular formula is C24H46. The molecule has 24 heavy (non-hydrogen) atoms. The summed E-state index contributed by atoms with van der Waals surface area (Å²) in [6, 6.07) is 0. The highest BCUT2D eigenvalue weighted by atomic mass is 14.1. The second-order valence-electron chi connectivity index (χ2n) is 7.79. The molecule has 0 aliphatic carbocycles. The van der Waals surface area contributed by atoms with Crippen LogP contribution in [0.1, 0.15) is 122 Å². The van der Waals surface area contributed by atoms with Crippen LogP contribution in [0.15, 0.2) is 25.3 Å². The first-order valence-electron chi connectivity index (χ1n) is 11.0. The minimum Gasteiger partial charge on any atom is -0.103 e. The van der Waals surface area contributed by atoms with Crippen LogP contribution in [0.4, 0.5) is 0 Å². The molecule has 0 nitrogen and oxygen atoms in total. The maximum atomic E-state index is 3.78. The molecule has 0 aromatic rings. The van der Waals surface area contributed by atoms with Crippen LogP contribution in [0, 0.1) is 5.92 Å². The van der Waals surface area contributed by atoms with Gasteiger partial charge in [-0.15, -0.1) is 13.2 Å². The first-order chi connectivity index (χ1) is 11.8. The van der Waals surface area contributed by atoms with Gasteiger partial charge in [0.15, 0.2) is 0 Å². The fourth-order valence-corrected chi connectivity index (χ4v) is 3.48. The van der Waals surface area contributed by atoms with Gasteiger partial charge in [0.05, 0.1) is 0 Å². The van der Waals surface area contributed by atoms with Crippen LogP contribution < -0.4 is 0 Å². The van der Waals surface area contributed by atoms with Crippen LogP contribution in [0.5, 0.6) is 0 Å². The van der Waals surface area contributed by atoms with Crippen LogP contribution in [0.2, 0.25) is 0 Å². The van der Waals surface area contributed by atoms with Gasteiger partial charge in [0.2, 0.25) is 0 Å². The molecular weight excluding hydrogens is 288 g/mol. The summed E-state index contributed by atoms with van der Waals surface area (Å²) in [4.78, 5) is 0. The van der Waals surface area contributed by atoms with Crippen molar-refractivity contribution in [3.8, 4) is 0 Å². The Bertz CT molecular complexity index is 227. The Balaban J connectivity index is 3.14. The van der Waals surface area contributed by atoms with Gasteiger partial charge in [-0.05, 0) is 31.6 Å². The van der Waals surface area contributed by atoms with E-state index in [4.69, 9.17) is 0 Å². The Morgan fingerprint density at radius 3 is 1.12 bits per heavy atom. The molecule has 0 aliphatic heterocycles. The minimum absolute atomic E-state index is 0.949. The number of hydrogen-bond donors (Lipinski definition) is 0. The van der Waals surface area contributed by atoms with Gasteiger partial charge in [-0.3, -0.25) is 0 Å². The second kappa shape index (κ2) is 20.5. The van der Waals surface area contributed by atoms with Crippen molar-refractivity contribution in [3.63, 3.8) is 0 Å². The highest BCUT2D eigenvalue weighted by molar-refractivity contribution is 4.66. The highest BCUT2D eigenvalue weighted by Crippen LogP contribution is 2.19. The predicted molar refractivity (Wildman–Crippen MR) is 113 cm³/mol. The van der Waals surface area contributed by atoms with Gasteiger partial charge in [-0.2, -0.15) is 0 Å². The van der Waals surface area contributed by atoms with Crippen LogP contribution in [-0.2, 0) is 0 Å². The predicted octanol–water partition coefficient (Wildman–Crippen LogP) is 9.02. The normalized spacial score (nSPS) is 11.1. The summed E-state index contributed by atoms with van der Waals surface area (Å²) in [6.07, 6.45) is 29.4. The van der Waals surface area contributed by atoms with E-state index in [1.807, 2.05) is 12.2 Å². The van der Waals surface area contributed by atoms with Gasteiger partial charge in [0.25, 0.3) is 0 Å². The summed E-state index contributed by atoms with van der Waals surface area (Å²) in [7, 11) is 0. The molecule has 0 aromatic carbocycles. The first kappa shape index (κ1) is 23.5. The SMILES string of the molecule is C=CCCCCCCCCCC(C)CCCCCCCCCC=C. The molecule has 0 saturated heterocycles. The molecule has 0 atom stereocenters. The van der Waals surface area contributed by atoms with E-state index in [0.29, 0.717) is 0 Å². The van der Waals surface area contributed by atoms with Gasteiger partial charge in [0.1, 0.15) is 0 Å². The Kier molecular flexibility index (Phi) is 20.1. The van der Waals surface area contributed by atoms with Crippen molar-refractivity contribution >= 4 is 0 Å². The van der Waals surface area contributed by atoms with E-state index < -0.39 is 0 Å². The third kappa shape index (κ3) is 19.5. The van der Waals surface area contributed by atoms with Crippen LogP contribution in [-0.4, -0.2) is 0 Å². The smallest absolute Gasteiger partial charge is 0.0353 e. The molecule has 0 fully saturated rings. The van der Waals surface area contributed by atoms with Crippen molar-refractivity contribution in [3.05, 3.63) is 25.3 Å². The van der Waals surface area contributed by atoms with E-state index in [-0.39, 0.29) is 0 Å². The quantitative estimate of drug-likeness (QED) is 0.154. The zero-order valence-electron chi connectivity index (χ0n) is 16.9. The summed E-state index contributed by atoms with van der Waals surface area (Å²) in [5, 5.41) is 0. The third-order valence-electron chi connectivity index (χ3n) is 5.21. The molecule has 0 heterocycles. The van der Waals surface area contributed by atoms with E-state index in [1.54, 1.807) is 0 Å². The molecule has 0 rings (SSSR count). The number of allylic oxidation sites excluding steroid dienone is 2. The maximum Gasteiger partial charge on any atom is -0.0353 e. The summed E-state index contributed by atoms with van der Waals surface area (Å²) in [6.45, 7) is 10.0. The molecule has 0 saturated carbocycles. The van der Waals surface area contributed by atoms with Crippen molar-refractivity contribution < 1.29 is 0 Å². The molecule has 0 radical (unpaired) electrons. The molecule has 0 amide bonds. The van der Waals surface area contributed by atoms with Crippen molar-refractivity contribution in [1.29, 1.82) is 0 Å². The molecule has 0 aliphatic rings. The Hall–Kier alpha value is -0.520. The largest absolute Gasteiger partial charge is 0.103 e. The maximum absolute atomic E-state index is 3.78. The van der Waals surface area contributed by atoms with Crippen LogP contribution in [0.25, 0.3) is 0 Å². The third-order valence-corrected chi connectivity index (χ3v) is 5.21. The van der Waals surface area contributed by atoms with Gasteiger partial charge in [0, 0.05) is 0 Å². The molecule has 0 heteroatoms. The van der Waals surface area contributed by atoms with E-state index in [9.17, 15) is 0 Å². The van der Waals surface area contributed by atoms with E-state index >= 15 is 0 Å². The zero-order chi connectivity index (χ0) is 17.7. The topological polar surface area (TPSA) is 0 Å². The van der Waals surface area contributed by atoms with E-state index in [1.165, 1.54) is 116 Å². The minimum atomic E-state index is 0.949. The lowest BCUT2D eigenvalue weighted by Gasteiger charge is -2.11. The van der Waals surface area contributed by atoms with Gasteiger partial charge in [-0.25, -0.2) is 0 Å². The molecule has 0 spiro atoms.